The molecule has 1 amide bonds. The molecular weight excluding hydrogens is 270 g/mol. The lowest BCUT2D eigenvalue weighted by Crippen LogP contribution is -2.19. The number of amides is 1. The molecule has 1 aliphatic rings. The van der Waals surface area contributed by atoms with Gasteiger partial charge in [-0.25, -0.2) is 0 Å². The maximum atomic E-state index is 11.9. The fourth-order valence-corrected chi connectivity index (χ4v) is 3.39. The van der Waals surface area contributed by atoms with Gasteiger partial charge in [0, 0.05) is 12.1 Å². The molecule has 98 valence electrons. The lowest BCUT2D eigenvalue weighted by Gasteiger charge is -2.20. The molecule has 0 spiro atoms. The van der Waals surface area contributed by atoms with Crippen LogP contribution in [0.4, 0.5) is 5.69 Å². The van der Waals surface area contributed by atoms with Crippen LogP contribution in [0.25, 0.3) is 0 Å². The maximum Gasteiger partial charge on any atom is 0.224 e. The van der Waals surface area contributed by atoms with Crippen molar-refractivity contribution in [3.05, 3.63) is 23.2 Å². The number of rotatable bonds is 3. The van der Waals surface area contributed by atoms with E-state index in [0.29, 0.717) is 18.0 Å². The van der Waals surface area contributed by atoms with Crippen LogP contribution in [0.1, 0.15) is 19.3 Å². The molecule has 0 bridgehead atoms. The predicted molar refractivity (Wildman–Crippen MR) is 76.4 cm³/mol. The molecule has 1 aromatic rings. The topological polar surface area (TPSA) is 49.3 Å². The molecule has 0 aliphatic carbocycles. The largest absolute Gasteiger partial charge is 0.506 e. The lowest BCUT2D eigenvalue weighted by molar-refractivity contribution is -0.117. The van der Waals surface area contributed by atoms with E-state index in [9.17, 15) is 9.90 Å². The Balaban J connectivity index is 1.88. The van der Waals surface area contributed by atoms with Gasteiger partial charge < -0.3 is 10.4 Å². The Morgan fingerprint density at radius 3 is 2.83 bits per heavy atom. The number of carbonyl (C=O) groups excluding carboxylic acids is 1. The molecule has 2 N–H and O–H groups in total. The second-order valence-electron chi connectivity index (χ2n) is 4.47. The van der Waals surface area contributed by atoms with E-state index in [2.05, 4.69) is 5.32 Å². The van der Waals surface area contributed by atoms with Crippen molar-refractivity contribution >= 4 is 35.0 Å². The molecule has 1 fully saturated rings. The Morgan fingerprint density at radius 1 is 1.44 bits per heavy atom. The molecule has 0 aromatic heterocycles. The van der Waals surface area contributed by atoms with Gasteiger partial charge in [0.2, 0.25) is 5.91 Å². The molecule has 0 unspecified atom stereocenters. The van der Waals surface area contributed by atoms with Crippen LogP contribution in [-0.2, 0) is 4.79 Å². The number of benzene rings is 1. The lowest BCUT2D eigenvalue weighted by atomic mass is 9.98. The quantitative estimate of drug-likeness (QED) is 0.836. The van der Waals surface area contributed by atoms with Gasteiger partial charge in [0.1, 0.15) is 5.75 Å². The molecular formula is C13H16ClNO2S. The first-order chi connectivity index (χ1) is 8.65. The summed E-state index contributed by atoms with van der Waals surface area (Å²) in [5.41, 5.74) is 0.632. The third kappa shape index (κ3) is 3.82. The summed E-state index contributed by atoms with van der Waals surface area (Å²) in [6.07, 6.45) is 2.81. The van der Waals surface area contributed by atoms with E-state index in [-0.39, 0.29) is 16.7 Å². The highest BCUT2D eigenvalue weighted by Crippen LogP contribution is 2.28. The van der Waals surface area contributed by atoms with E-state index >= 15 is 0 Å². The molecule has 1 saturated heterocycles. The average Bonchev–Trinajstić information content (AvgIpc) is 2.35. The minimum atomic E-state index is 0.0219. The Hall–Kier alpha value is -0.870. The highest BCUT2D eigenvalue weighted by atomic mass is 35.5. The first kappa shape index (κ1) is 13.6. The van der Waals surface area contributed by atoms with Gasteiger partial charge in [-0.05, 0) is 48.5 Å². The van der Waals surface area contributed by atoms with Crippen molar-refractivity contribution in [2.45, 2.75) is 19.3 Å². The Kier molecular flexibility index (Phi) is 4.78. The molecule has 3 nitrogen and oxygen atoms in total. The van der Waals surface area contributed by atoms with Crippen LogP contribution in [0.3, 0.4) is 0 Å². The van der Waals surface area contributed by atoms with Gasteiger partial charge in [0.15, 0.2) is 0 Å². The van der Waals surface area contributed by atoms with Crippen LogP contribution < -0.4 is 5.32 Å². The molecule has 1 aliphatic heterocycles. The fraction of sp³-hybridized carbons (Fsp3) is 0.462. The number of carbonyl (C=O) groups is 1. The monoisotopic (exact) mass is 285 g/mol. The third-order valence-corrected chi connectivity index (χ3v) is 4.40. The van der Waals surface area contributed by atoms with Crippen molar-refractivity contribution in [3.8, 4) is 5.75 Å². The van der Waals surface area contributed by atoms with Crippen molar-refractivity contribution in [1.82, 2.24) is 0 Å². The van der Waals surface area contributed by atoms with Gasteiger partial charge in [-0.3, -0.25) is 4.79 Å². The highest BCUT2D eigenvalue weighted by molar-refractivity contribution is 7.99. The second-order valence-corrected chi connectivity index (χ2v) is 6.11. The minimum Gasteiger partial charge on any atom is -0.506 e. The van der Waals surface area contributed by atoms with E-state index in [1.807, 2.05) is 11.8 Å². The minimum absolute atomic E-state index is 0.0219. The fourth-order valence-electron chi connectivity index (χ4n) is 2.01. The highest BCUT2D eigenvalue weighted by Gasteiger charge is 2.17. The van der Waals surface area contributed by atoms with Crippen LogP contribution in [0, 0.1) is 5.92 Å². The van der Waals surface area contributed by atoms with E-state index < -0.39 is 0 Å². The van der Waals surface area contributed by atoms with Gasteiger partial charge in [-0.15, -0.1) is 0 Å². The normalized spacial score (nSPS) is 16.5. The van der Waals surface area contributed by atoms with E-state index in [1.165, 1.54) is 6.07 Å². The standard InChI is InChI=1S/C13H16ClNO2S/c14-11-8-10(1-2-12(11)16)15-13(17)7-9-3-5-18-6-4-9/h1-2,8-9,16H,3-7H2,(H,15,17). The van der Waals surface area contributed by atoms with Gasteiger partial charge in [0.25, 0.3) is 0 Å². The average molecular weight is 286 g/mol. The van der Waals surface area contributed by atoms with Crippen molar-refractivity contribution in [2.24, 2.45) is 5.92 Å². The number of anilines is 1. The summed E-state index contributed by atoms with van der Waals surface area (Å²) in [4.78, 5) is 11.9. The van der Waals surface area contributed by atoms with Crippen molar-refractivity contribution in [2.75, 3.05) is 16.8 Å². The molecule has 1 heterocycles. The SMILES string of the molecule is O=C(CC1CCSCC1)Nc1ccc(O)c(Cl)c1. The van der Waals surface area contributed by atoms with Gasteiger partial charge >= 0.3 is 0 Å². The van der Waals surface area contributed by atoms with Crippen LogP contribution in [-0.4, -0.2) is 22.5 Å². The predicted octanol–water partition coefficient (Wildman–Crippen LogP) is 3.52. The van der Waals surface area contributed by atoms with E-state index in [1.54, 1.807) is 12.1 Å². The zero-order chi connectivity index (χ0) is 13.0. The first-order valence-electron chi connectivity index (χ1n) is 6.01. The summed E-state index contributed by atoms with van der Waals surface area (Å²) >= 11 is 7.74. The molecule has 5 heteroatoms. The van der Waals surface area contributed by atoms with Crippen molar-refractivity contribution in [1.29, 1.82) is 0 Å². The summed E-state index contributed by atoms with van der Waals surface area (Å²) in [5, 5.41) is 12.4. The van der Waals surface area contributed by atoms with Crippen molar-refractivity contribution < 1.29 is 9.90 Å². The van der Waals surface area contributed by atoms with E-state index in [0.717, 1.165) is 24.3 Å². The van der Waals surface area contributed by atoms with Gasteiger partial charge in [0.05, 0.1) is 5.02 Å². The number of aromatic hydroxyl groups is 1. The number of halogens is 1. The second kappa shape index (κ2) is 6.34. The molecule has 2 rings (SSSR count). The number of phenolic OH excluding ortho intramolecular Hbond substituents is 1. The number of thioether (sulfide) groups is 1. The third-order valence-electron chi connectivity index (χ3n) is 3.05. The summed E-state index contributed by atoms with van der Waals surface area (Å²) in [6.45, 7) is 0. The molecule has 0 atom stereocenters. The summed E-state index contributed by atoms with van der Waals surface area (Å²) in [5.74, 6) is 2.86. The Morgan fingerprint density at radius 2 is 2.17 bits per heavy atom. The number of hydrogen-bond acceptors (Lipinski definition) is 3. The number of phenols is 1. The molecule has 18 heavy (non-hydrogen) atoms. The smallest absolute Gasteiger partial charge is 0.224 e. The summed E-state index contributed by atoms with van der Waals surface area (Å²) < 4.78 is 0. The number of hydrogen-bond donors (Lipinski definition) is 2. The zero-order valence-corrected chi connectivity index (χ0v) is 11.6. The van der Waals surface area contributed by atoms with Crippen LogP contribution in [0.2, 0.25) is 5.02 Å². The summed E-state index contributed by atoms with van der Waals surface area (Å²) in [6, 6.07) is 4.69. The number of nitrogens with one attached hydrogen (secondary N) is 1. The van der Waals surface area contributed by atoms with Crippen LogP contribution in [0.5, 0.6) is 5.75 Å². The summed E-state index contributed by atoms with van der Waals surface area (Å²) in [7, 11) is 0. The Bertz CT molecular complexity index is 433. The first-order valence-corrected chi connectivity index (χ1v) is 7.54. The van der Waals surface area contributed by atoms with Gasteiger partial charge in [-0.1, -0.05) is 11.6 Å². The van der Waals surface area contributed by atoms with Crippen LogP contribution >= 0.6 is 23.4 Å². The molecule has 1 aromatic carbocycles. The van der Waals surface area contributed by atoms with E-state index in [4.69, 9.17) is 11.6 Å². The van der Waals surface area contributed by atoms with Crippen LogP contribution in [0.15, 0.2) is 18.2 Å². The Labute approximate surface area is 116 Å². The van der Waals surface area contributed by atoms with Crippen molar-refractivity contribution in [3.63, 3.8) is 0 Å². The zero-order valence-electron chi connectivity index (χ0n) is 9.99. The maximum absolute atomic E-state index is 11.9. The van der Waals surface area contributed by atoms with Gasteiger partial charge in [-0.2, -0.15) is 11.8 Å². The molecule has 0 saturated carbocycles. The molecule has 0 radical (unpaired) electrons.